The number of nitrogens with zero attached hydrogens (tertiary/aromatic N) is 3. The molecule has 0 saturated heterocycles. The number of hydrogen-bond acceptors (Lipinski definition) is 5. The zero-order chi connectivity index (χ0) is 18.5. The number of ether oxygens (including phenoxy) is 1. The molecule has 134 valence electrons. The molecule has 0 radical (unpaired) electrons. The van der Waals surface area contributed by atoms with Crippen LogP contribution < -0.4 is 10.1 Å². The van der Waals surface area contributed by atoms with Gasteiger partial charge in [0.1, 0.15) is 0 Å². The van der Waals surface area contributed by atoms with Crippen LogP contribution in [0.3, 0.4) is 0 Å². The Labute approximate surface area is 147 Å². The van der Waals surface area contributed by atoms with Gasteiger partial charge in [-0.3, -0.25) is 10.1 Å². The monoisotopic (exact) mass is 360 g/mol. The Kier molecular flexibility index (Phi) is 5.07. The summed E-state index contributed by atoms with van der Waals surface area (Å²) in [4.78, 5) is 14.1. The average Bonchev–Trinajstić information content (AvgIpc) is 3.09. The molecule has 0 spiro atoms. The molecule has 0 fully saturated rings. The Morgan fingerprint density at radius 3 is 2.54 bits per heavy atom. The minimum absolute atomic E-state index is 0.397. The summed E-state index contributed by atoms with van der Waals surface area (Å²) in [5, 5.41) is 13.9. The second kappa shape index (κ2) is 7.60. The van der Waals surface area contributed by atoms with E-state index in [4.69, 9.17) is 0 Å². The first kappa shape index (κ1) is 17.3. The van der Waals surface area contributed by atoms with Gasteiger partial charge in [0.15, 0.2) is 0 Å². The molecule has 0 aliphatic carbocycles. The van der Waals surface area contributed by atoms with Crippen molar-refractivity contribution in [2.24, 2.45) is 0 Å². The molecule has 1 heterocycles. The molecule has 0 amide bonds. The van der Waals surface area contributed by atoms with E-state index in [9.17, 15) is 18.9 Å². The minimum atomic E-state index is -3.15. The van der Waals surface area contributed by atoms with Crippen molar-refractivity contribution >= 4 is 17.1 Å². The lowest BCUT2D eigenvalue weighted by molar-refractivity contribution is -0.386. The molecule has 3 rings (SSSR count). The fraction of sp³-hybridized carbons (Fsp3) is 0.118. The largest absolute Gasteiger partial charge is 0.427 e. The maximum Gasteiger partial charge on any atom is 0.387 e. The summed E-state index contributed by atoms with van der Waals surface area (Å²) < 4.78 is 31.1. The highest BCUT2D eigenvalue weighted by Crippen LogP contribution is 2.32. The van der Waals surface area contributed by atoms with Crippen LogP contribution in [0.15, 0.2) is 61.2 Å². The first-order chi connectivity index (χ1) is 12.5. The number of nitro benzene ring substituents is 1. The van der Waals surface area contributed by atoms with E-state index in [1.54, 1.807) is 12.5 Å². The van der Waals surface area contributed by atoms with Crippen LogP contribution in [0.1, 0.15) is 5.56 Å². The van der Waals surface area contributed by atoms with Crippen LogP contribution >= 0.6 is 0 Å². The number of rotatable bonds is 7. The van der Waals surface area contributed by atoms with Crippen molar-refractivity contribution in [1.29, 1.82) is 0 Å². The highest BCUT2D eigenvalue weighted by Gasteiger charge is 2.19. The number of benzene rings is 2. The van der Waals surface area contributed by atoms with Gasteiger partial charge in [0.05, 0.1) is 11.3 Å². The molecule has 0 unspecified atom stereocenters. The molecule has 3 aromatic rings. The van der Waals surface area contributed by atoms with Crippen LogP contribution in [-0.2, 0) is 6.54 Å². The molecule has 0 bridgehead atoms. The number of nitro groups is 1. The van der Waals surface area contributed by atoms with Crippen molar-refractivity contribution in [3.05, 3.63) is 76.9 Å². The lowest BCUT2D eigenvalue weighted by atomic mass is 10.2. The third kappa shape index (κ3) is 4.32. The van der Waals surface area contributed by atoms with E-state index in [1.807, 2.05) is 35.0 Å². The zero-order valence-corrected chi connectivity index (χ0v) is 13.4. The van der Waals surface area contributed by atoms with E-state index in [2.05, 4.69) is 15.0 Å². The highest BCUT2D eigenvalue weighted by atomic mass is 19.3. The summed E-state index contributed by atoms with van der Waals surface area (Å²) in [5.74, 6) is -0.494. The lowest BCUT2D eigenvalue weighted by Gasteiger charge is -2.10. The Morgan fingerprint density at radius 1 is 1.19 bits per heavy atom. The highest BCUT2D eigenvalue weighted by molar-refractivity contribution is 5.65. The van der Waals surface area contributed by atoms with Gasteiger partial charge in [-0.1, -0.05) is 12.1 Å². The van der Waals surface area contributed by atoms with Gasteiger partial charge >= 0.3 is 12.3 Å². The molecule has 0 atom stereocenters. The number of alkyl halides is 2. The van der Waals surface area contributed by atoms with Gasteiger partial charge in [0, 0.05) is 42.4 Å². The predicted octanol–water partition coefficient (Wildman–Crippen LogP) is 4.18. The molecule has 0 saturated carbocycles. The summed E-state index contributed by atoms with van der Waals surface area (Å²) >= 11 is 0. The predicted molar refractivity (Wildman–Crippen MR) is 90.8 cm³/mol. The van der Waals surface area contributed by atoms with Gasteiger partial charge in [0.25, 0.3) is 0 Å². The second-order valence-electron chi connectivity index (χ2n) is 5.38. The van der Waals surface area contributed by atoms with Crippen molar-refractivity contribution in [2.45, 2.75) is 13.2 Å². The molecule has 7 nitrogen and oxygen atoms in total. The minimum Gasteiger partial charge on any atom is -0.427 e. The van der Waals surface area contributed by atoms with Crippen molar-refractivity contribution in [3.8, 4) is 5.75 Å². The van der Waals surface area contributed by atoms with Gasteiger partial charge in [-0.25, -0.2) is 4.98 Å². The van der Waals surface area contributed by atoms with Crippen LogP contribution in [0.2, 0.25) is 0 Å². The van der Waals surface area contributed by atoms with E-state index in [0.29, 0.717) is 17.9 Å². The second-order valence-corrected chi connectivity index (χ2v) is 5.38. The van der Waals surface area contributed by atoms with Gasteiger partial charge in [0.2, 0.25) is 5.75 Å². The van der Waals surface area contributed by atoms with Crippen LogP contribution in [-0.4, -0.2) is 21.1 Å². The van der Waals surface area contributed by atoms with Gasteiger partial charge in [-0.15, -0.1) is 0 Å². The van der Waals surface area contributed by atoms with Crippen molar-refractivity contribution in [3.63, 3.8) is 0 Å². The third-order valence-corrected chi connectivity index (χ3v) is 3.54. The number of hydrogen-bond donors (Lipinski definition) is 1. The van der Waals surface area contributed by atoms with Gasteiger partial charge in [-0.05, 0) is 23.8 Å². The summed E-state index contributed by atoms with van der Waals surface area (Å²) in [6.45, 7) is -2.48. The van der Waals surface area contributed by atoms with E-state index < -0.39 is 23.0 Å². The number of aromatic nitrogens is 2. The quantitative estimate of drug-likeness (QED) is 0.505. The summed E-state index contributed by atoms with van der Waals surface area (Å²) in [5.41, 5.74) is 1.63. The SMILES string of the molecule is O=[N+]([O-])c1ccc(Nc2ccc(Cn3ccnc3)cc2)cc1OC(F)F. The Hall–Kier alpha value is -3.49. The van der Waals surface area contributed by atoms with Crippen LogP contribution in [0.5, 0.6) is 5.75 Å². The number of imidazole rings is 1. The molecule has 26 heavy (non-hydrogen) atoms. The molecule has 1 N–H and O–H groups in total. The smallest absolute Gasteiger partial charge is 0.387 e. The first-order valence-corrected chi connectivity index (χ1v) is 7.56. The topological polar surface area (TPSA) is 82.2 Å². The summed E-state index contributed by atoms with van der Waals surface area (Å²) in [7, 11) is 0. The standard InChI is InChI=1S/C17H14F2N4O3/c18-17(19)26-16-9-14(5-6-15(16)23(24)25)21-13-3-1-12(2-4-13)10-22-8-7-20-11-22/h1-9,11,17,21H,10H2. The van der Waals surface area contributed by atoms with E-state index in [-0.39, 0.29) is 0 Å². The molecule has 0 aliphatic heterocycles. The van der Waals surface area contributed by atoms with Gasteiger partial charge in [-0.2, -0.15) is 8.78 Å². The molecule has 1 aromatic heterocycles. The first-order valence-electron chi connectivity index (χ1n) is 7.56. The van der Waals surface area contributed by atoms with Crippen LogP contribution in [0.25, 0.3) is 0 Å². The molecular formula is C17H14F2N4O3. The maximum absolute atomic E-state index is 12.5. The Bertz CT molecular complexity index is 884. The number of halogens is 2. The van der Waals surface area contributed by atoms with Crippen molar-refractivity contribution in [2.75, 3.05) is 5.32 Å². The molecule has 0 aliphatic rings. The lowest BCUT2D eigenvalue weighted by Crippen LogP contribution is -2.05. The average molecular weight is 360 g/mol. The Morgan fingerprint density at radius 2 is 1.92 bits per heavy atom. The van der Waals surface area contributed by atoms with Crippen molar-refractivity contribution in [1.82, 2.24) is 9.55 Å². The molecule has 2 aromatic carbocycles. The number of anilines is 2. The van der Waals surface area contributed by atoms with Crippen LogP contribution in [0.4, 0.5) is 25.8 Å². The summed E-state index contributed by atoms with van der Waals surface area (Å²) in [6, 6.07) is 11.2. The van der Waals surface area contributed by atoms with Gasteiger partial charge < -0.3 is 14.6 Å². The van der Waals surface area contributed by atoms with E-state index >= 15 is 0 Å². The van der Waals surface area contributed by atoms with E-state index in [1.165, 1.54) is 12.1 Å². The molecule has 9 heteroatoms. The third-order valence-electron chi connectivity index (χ3n) is 3.54. The zero-order valence-electron chi connectivity index (χ0n) is 13.4. The normalized spacial score (nSPS) is 10.7. The number of nitrogens with one attached hydrogen (secondary N) is 1. The maximum atomic E-state index is 12.5. The molecular weight excluding hydrogens is 346 g/mol. The Balaban J connectivity index is 1.74. The van der Waals surface area contributed by atoms with E-state index in [0.717, 1.165) is 11.6 Å². The van der Waals surface area contributed by atoms with Crippen molar-refractivity contribution < 1.29 is 18.4 Å². The fourth-order valence-electron chi connectivity index (χ4n) is 2.38. The summed E-state index contributed by atoms with van der Waals surface area (Å²) in [6.07, 6.45) is 5.27. The van der Waals surface area contributed by atoms with Crippen LogP contribution in [0, 0.1) is 10.1 Å². The fourth-order valence-corrected chi connectivity index (χ4v) is 2.38.